The molecule has 0 saturated carbocycles. The first-order valence-electron chi connectivity index (χ1n) is 14.4. The normalized spacial score (nSPS) is 28.4. The molecule has 6 heteroatoms. The maximum atomic E-state index is 14.3. The van der Waals surface area contributed by atoms with Gasteiger partial charge in [-0.15, -0.1) is 0 Å². The molecular formula is C34H34N2O4. The molecule has 0 N–H and O–H groups in total. The summed E-state index contributed by atoms with van der Waals surface area (Å²) in [5, 5.41) is 0. The number of rotatable bonds is 4. The number of hydrogen-bond donors (Lipinski definition) is 0. The van der Waals surface area contributed by atoms with Crippen LogP contribution in [-0.2, 0) is 9.59 Å². The van der Waals surface area contributed by atoms with Crippen molar-refractivity contribution in [3.8, 4) is 22.6 Å². The molecule has 5 heterocycles. The highest BCUT2D eigenvalue weighted by Crippen LogP contribution is 2.48. The molecular weight excluding hydrogens is 500 g/mol. The van der Waals surface area contributed by atoms with Gasteiger partial charge in [-0.3, -0.25) is 9.59 Å². The van der Waals surface area contributed by atoms with E-state index < -0.39 is 12.1 Å². The molecule has 2 amide bonds. The van der Waals surface area contributed by atoms with Crippen LogP contribution in [0.1, 0.15) is 62.7 Å². The number of benzene rings is 2. The number of hydrogen-bond acceptors (Lipinski definition) is 4. The smallest absolute Gasteiger partial charge is 0.246 e. The minimum absolute atomic E-state index is 0.0976. The molecule has 204 valence electrons. The zero-order chi connectivity index (χ0) is 27.4. The number of piperazine rings is 1. The van der Waals surface area contributed by atoms with Crippen molar-refractivity contribution in [1.29, 1.82) is 0 Å². The summed E-state index contributed by atoms with van der Waals surface area (Å²) in [6, 6.07) is 23.2. The van der Waals surface area contributed by atoms with Gasteiger partial charge in [0.05, 0.1) is 24.6 Å². The fourth-order valence-corrected chi connectivity index (χ4v) is 7.33. The topological polar surface area (TPSA) is 66.9 Å². The van der Waals surface area contributed by atoms with Gasteiger partial charge in [-0.05, 0) is 72.9 Å². The standard InChI is InChI=1S/C34H34N2O4/c1-21-7-17-27-34(38)36-28(18-8-22(2)32(36)26-15-11-24(12-16-26)30-6-4-20-40-30)33(37)35(27)31(21)25-13-9-23(10-14-25)29-5-3-19-39-29/h3-6,9-16,19-22,27-28,31-32H,7-8,17-18H2,1-2H3/t21-,22-,27+,28+,31-,32-/m1/s1. The molecule has 7 rings (SSSR count). The molecule has 40 heavy (non-hydrogen) atoms. The second-order valence-corrected chi connectivity index (χ2v) is 11.7. The lowest BCUT2D eigenvalue weighted by molar-refractivity contribution is -0.177. The highest BCUT2D eigenvalue weighted by Gasteiger charge is 2.55. The van der Waals surface area contributed by atoms with Gasteiger partial charge in [0, 0.05) is 11.1 Å². The van der Waals surface area contributed by atoms with Gasteiger partial charge in [-0.25, -0.2) is 0 Å². The van der Waals surface area contributed by atoms with E-state index in [4.69, 9.17) is 8.83 Å². The van der Waals surface area contributed by atoms with E-state index in [1.54, 1.807) is 12.5 Å². The number of carbonyl (C=O) groups excluding carboxylic acids is 2. The molecule has 6 nitrogen and oxygen atoms in total. The van der Waals surface area contributed by atoms with Gasteiger partial charge in [0.25, 0.3) is 0 Å². The van der Waals surface area contributed by atoms with Crippen LogP contribution in [0.4, 0.5) is 0 Å². The van der Waals surface area contributed by atoms with E-state index in [9.17, 15) is 9.59 Å². The van der Waals surface area contributed by atoms with Gasteiger partial charge in [-0.2, -0.15) is 0 Å². The van der Waals surface area contributed by atoms with Crippen molar-refractivity contribution < 1.29 is 18.4 Å². The molecule has 4 aromatic rings. The van der Waals surface area contributed by atoms with E-state index in [1.807, 2.05) is 34.1 Å². The minimum Gasteiger partial charge on any atom is -0.464 e. The van der Waals surface area contributed by atoms with Crippen molar-refractivity contribution in [3.63, 3.8) is 0 Å². The lowest BCUT2D eigenvalue weighted by atomic mass is 9.76. The highest BCUT2D eigenvalue weighted by atomic mass is 16.3. The van der Waals surface area contributed by atoms with Crippen LogP contribution >= 0.6 is 0 Å². The molecule has 3 aliphatic heterocycles. The lowest BCUT2D eigenvalue weighted by Crippen LogP contribution is -2.69. The predicted octanol–water partition coefficient (Wildman–Crippen LogP) is 7.26. The quantitative estimate of drug-likeness (QED) is 0.276. The summed E-state index contributed by atoms with van der Waals surface area (Å²) in [6.07, 6.45) is 6.56. The Morgan fingerprint density at radius 2 is 0.975 bits per heavy atom. The first-order valence-corrected chi connectivity index (χ1v) is 14.4. The largest absolute Gasteiger partial charge is 0.464 e. The molecule has 3 aliphatic rings. The first kappa shape index (κ1) is 24.9. The van der Waals surface area contributed by atoms with Gasteiger partial charge >= 0.3 is 0 Å². The summed E-state index contributed by atoms with van der Waals surface area (Å²) in [5.41, 5.74) is 4.17. The molecule has 0 radical (unpaired) electrons. The van der Waals surface area contributed by atoms with E-state index in [-0.39, 0.29) is 35.7 Å². The summed E-state index contributed by atoms with van der Waals surface area (Å²) >= 11 is 0. The Hall–Kier alpha value is -4.06. The predicted molar refractivity (Wildman–Crippen MR) is 152 cm³/mol. The van der Waals surface area contributed by atoms with Crippen LogP contribution in [0.15, 0.2) is 94.2 Å². The summed E-state index contributed by atoms with van der Waals surface area (Å²) in [5.74, 6) is 2.37. The summed E-state index contributed by atoms with van der Waals surface area (Å²) in [7, 11) is 0. The Morgan fingerprint density at radius 3 is 1.32 bits per heavy atom. The van der Waals surface area contributed by atoms with E-state index in [1.165, 1.54) is 0 Å². The van der Waals surface area contributed by atoms with Crippen LogP contribution in [-0.4, -0.2) is 33.7 Å². The lowest BCUT2D eigenvalue weighted by Gasteiger charge is -2.56. The number of fused-ring (bicyclic) bond motifs is 2. The Kier molecular flexibility index (Phi) is 6.14. The molecule has 2 aromatic carbocycles. The molecule has 0 unspecified atom stereocenters. The monoisotopic (exact) mass is 534 g/mol. The van der Waals surface area contributed by atoms with Crippen molar-refractivity contribution in [3.05, 3.63) is 96.4 Å². The van der Waals surface area contributed by atoms with E-state index in [0.29, 0.717) is 12.8 Å². The zero-order valence-corrected chi connectivity index (χ0v) is 22.9. The fourth-order valence-electron chi connectivity index (χ4n) is 7.33. The molecule has 6 atom stereocenters. The fraction of sp³-hybridized carbons (Fsp3) is 0.353. The van der Waals surface area contributed by atoms with Crippen LogP contribution in [0.3, 0.4) is 0 Å². The maximum absolute atomic E-state index is 14.3. The van der Waals surface area contributed by atoms with E-state index in [0.717, 1.165) is 46.6 Å². The van der Waals surface area contributed by atoms with Crippen molar-refractivity contribution in [1.82, 2.24) is 9.80 Å². The molecule has 3 saturated heterocycles. The first-order chi connectivity index (χ1) is 19.5. The highest BCUT2D eigenvalue weighted by molar-refractivity contribution is 5.98. The third kappa shape index (κ3) is 4.00. The van der Waals surface area contributed by atoms with Gasteiger partial charge in [0.15, 0.2) is 0 Å². The van der Waals surface area contributed by atoms with Crippen LogP contribution in [0, 0.1) is 11.8 Å². The van der Waals surface area contributed by atoms with Crippen molar-refractivity contribution in [2.24, 2.45) is 11.8 Å². The van der Waals surface area contributed by atoms with Gasteiger partial charge in [0.1, 0.15) is 23.6 Å². The summed E-state index contributed by atoms with van der Waals surface area (Å²) in [4.78, 5) is 32.5. The van der Waals surface area contributed by atoms with Crippen LogP contribution < -0.4 is 0 Å². The Balaban J connectivity index is 1.20. The average molecular weight is 535 g/mol. The van der Waals surface area contributed by atoms with Crippen LogP contribution in [0.5, 0.6) is 0 Å². The van der Waals surface area contributed by atoms with Crippen molar-refractivity contribution in [2.45, 2.75) is 63.7 Å². The molecule has 0 bridgehead atoms. The molecule has 0 spiro atoms. The number of amides is 2. The van der Waals surface area contributed by atoms with Crippen molar-refractivity contribution >= 4 is 11.8 Å². The number of carbonyl (C=O) groups is 2. The van der Waals surface area contributed by atoms with Gasteiger partial charge < -0.3 is 18.6 Å². The van der Waals surface area contributed by atoms with Crippen LogP contribution in [0.2, 0.25) is 0 Å². The third-order valence-corrected chi connectivity index (χ3v) is 9.33. The Labute approximate surface area is 234 Å². The SMILES string of the molecule is C[C@@H]1CC[C@H]2C(=O)N3[C@@H](CC[C@@H](C)[C@@H]3c3ccc(-c4ccco4)cc3)C(=O)N2[C@H]1c1ccc(-c2ccco2)cc1. The average Bonchev–Trinajstić information content (AvgIpc) is 3.71. The Morgan fingerprint density at radius 1 is 0.575 bits per heavy atom. The minimum atomic E-state index is -0.426. The molecule has 0 aliphatic carbocycles. The Bertz CT molecular complexity index is 1370. The summed E-state index contributed by atoms with van der Waals surface area (Å²) in [6.45, 7) is 4.41. The molecule has 2 aromatic heterocycles. The summed E-state index contributed by atoms with van der Waals surface area (Å²) < 4.78 is 11.1. The van der Waals surface area contributed by atoms with Crippen LogP contribution in [0.25, 0.3) is 22.6 Å². The second kappa shape index (κ2) is 9.84. The second-order valence-electron chi connectivity index (χ2n) is 11.7. The van der Waals surface area contributed by atoms with Gasteiger partial charge in [0.2, 0.25) is 11.8 Å². The number of furan rings is 2. The van der Waals surface area contributed by atoms with E-state index >= 15 is 0 Å². The maximum Gasteiger partial charge on any atom is 0.246 e. The number of nitrogens with zero attached hydrogens (tertiary/aromatic N) is 2. The number of piperidine rings is 2. The van der Waals surface area contributed by atoms with E-state index in [2.05, 4.69) is 62.4 Å². The van der Waals surface area contributed by atoms with Gasteiger partial charge in [-0.1, -0.05) is 62.4 Å². The zero-order valence-electron chi connectivity index (χ0n) is 22.9. The molecule has 3 fully saturated rings. The third-order valence-electron chi connectivity index (χ3n) is 9.33. The van der Waals surface area contributed by atoms with Crippen molar-refractivity contribution in [2.75, 3.05) is 0 Å².